The summed E-state index contributed by atoms with van der Waals surface area (Å²) in [4.78, 5) is 23.4. The molecule has 0 bridgehead atoms. The van der Waals surface area contributed by atoms with E-state index in [1.165, 1.54) is 0 Å². The number of hydrogen-bond acceptors (Lipinski definition) is 2. The molecule has 114 valence electrons. The summed E-state index contributed by atoms with van der Waals surface area (Å²) < 4.78 is 0.970. The fraction of sp³-hybridized carbons (Fsp3) is 0.500. The molecule has 0 spiro atoms. The van der Waals surface area contributed by atoms with Gasteiger partial charge in [0.05, 0.1) is 5.92 Å². The Morgan fingerprint density at radius 3 is 2.71 bits per heavy atom. The smallest absolute Gasteiger partial charge is 0.306 e. The Bertz CT molecular complexity index is 544. The van der Waals surface area contributed by atoms with Gasteiger partial charge < -0.3 is 10.4 Å². The third-order valence-corrected chi connectivity index (χ3v) is 5.06. The molecule has 0 saturated heterocycles. The quantitative estimate of drug-likeness (QED) is 0.871. The number of aliphatic carboxylic acids is 1. The Labute approximate surface area is 133 Å². The number of halogens is 1. The summed E-state index contributed by atoms with van der Waals surface area (Å²) in [6.45, 7) is 2.37. The van der Waals surface area contributed by atoms with E-state index in [2.05, 4.69) is 21.2 Å². The Morgan fingerprint density at radius 1 is 1.33 bits per heavy atom. The molecule has 1 fully saturated rings. The molecule has 21 heavy (non-hydrogen) atoms. The number of amides is 1. The number of nitrogens with one attached hydrogen (secondary N) is 1. The van der Waals surface area contributed by atoms with Gasteiger partial charge in [0.25, 0.3) is 5.91 Å². The van der Waals surface area contributed by atoms with Crippen LogP contribution in [-0.4, -0.2) is 23.5 Å². The van der Waals surface area contributed by atoms with Crippen LogP contribution in [-0.2, 0) is 4.79 Å². The van der Waals surface area contributed by atoms with Crippen molar-refractivity contribution in [3.63, 3.8) is 0 Å². The van der Waals surface area contributed by atoms with Gasteiger partial charge in [0.15, 0.2) is 0 Å². The summed E-state index contributed by atoms with van der Waals surface area (Å²) in [5, 5.41) is 12.1. The number of aryl methyl sites for hydroxylation is 1. The van der Waals surface area contributed by atoms with Crippen molar-refractivity contribution in [3.8, 4) is 0 Å². The van der Waals surface area contributed by atoms with Gasteiger partial charge in [-0.15, -0.1) is 0 Å². The fourth-order valence-electron chi connectivity index (χ4n) is 2.89. The molecule has 1 saturated carbocycles. The van der Waals surface area contributed by atoms with E-state index in [1.807, 2.05) is 19.1 Å². The molecule has 0 heterocycles. The molecule has 0 aliphatic heterocycles. The minimum Gasteiger partial charge on any atom is -0.481 e. The van der Waals surface area contributed by atoms with E-state index in [4.69, 9.17) is 0 Å². The number of carbonyl (C=O) groups excluding carboxylic acids is 1. The van der Waals surface area contributed by atoms with Crippen molar-refractivity contribution >= 4 is 27.8 Å². The van der Waals surface area contributed by atoms with Crippen LogP contribution in [0.2, 0.25) is 0 Å². The molecular weight excluding hydrogens is 334 g/mol. The maximum Gasteiger partial charge on any atom is 0.306 e. The van der Waals surface area contributed by atoms with Gasteiger partial charge >= 0.3 is 5.97 Å². The molecule has 4 nitrogen and oxygen atoms in total. The normalized spacial score (nSPS) is 21.8. The second kappa shape index (κ2) is 7.07. The average molecular weight is 354 g/mol. The minimum atomic E-state index is -0.742. The van der Waals surface area contributed by atoms with Crippen LogP contribution >= 0.6 is 15.9 Å². The fourth-order valence-corrected chi connectivity index (χ4v) is 3.14. The first kappa shape index (κ1) is 16.0. The third-order valence-electron chi connectivity index (χ3n) is 4.17. The number of hydrogen-bond donors (Lipinski definition) is 2. The predicted molar refractivity (Wildman–Crippen MR) is 84.3 cm³/mol. The van der Waals surface area contributed by atoms with Crippen molar-refractivity contribution in [2.45, 2.75) is 32.6 Å². The highest BCUT2D eigenvalue weighted by Gasteiger charge is 2.30. The Morgan fingerprint density at radius 2 is 2.05 bits per heavy atom. The Kier molecular flexibility index (Phi) is 5.39. The minimum absolute atomic E-state index is 0.0387. The summed E-state index contributed by atoms with van der Waals surface area (Å²) in [6.07, 6.45) is 3.60. The van der Waals surface area contributed by atoms with Gasteiger partial charge in [0.2, 0.25) is 0 Å². The largest absolute Gasteiger partial charge is 0.481 e. The lowest BCUT2D eigenvalue weighted by molar-refractivity contribution is -0.144. The zero-order chi connectivity index (χ0) is 15.4. The van der Waals surface area contributed by atoms with Crippen LogP contribution < -0.4 is 5.32 Å². The number of carboxylic acids is 1. The molecule has 2 rings (SSSR count). The molecule has 1 amide bonds. The lowest BCUT2D eigenvalue weighted by Crippen LogP contribution is -2.37. The van der Waals surface area contributed by atoms with E-state index >= 15 is 0 Å². The second-order valence-electron chi connectivity index (χ2n) is 5.66. The summed E-state index contributed by atoms with van der Waals surface area (Å²) in [7, 11) is 0. The van der Waals surface area contributed by atoms with Crippen molar-refractivity contribution in [2.24, 2.45) is 11.8 Å². The number of carbonyl (C=O) groups is 2. The molecule has 1 aromatic rings. The van der Waals surface area contributed by atoms with Gasteiger partial charge in [-0.3, -0.25) is 9.59 Å². The highest BCUT2D eigenvalue weighted by atomic mass is 79.9. The first-order valence-electron chi connectivity index (χ1n) is 7.26. The van der Waals surface area contributed by atoms with Gasteiger partial charge in [-0.25, -0.2) is 0 Å². The zero-order valence-corrected chi connectivity index (χ0v) is 13.6. The average Bonchev–Trinajstić information content (AvgIpc) is 2.47. The Hall–Kier alpha value is -1.36. The van der Waals surface area contributed by atoms with Crippen molar-refractivity contribution in [3.05, 3.63) is 33.8 Å². The van der Waals surface area contributed by atoms with Crippen LogP contribution in [0, 0.1) is 18.8 Å². The number of benzene rings is 1. The molecule has 2 atom stereocenters. The van der Waals surface area contributed by atoms with Crippen LogP contribution in [0.25, 0.3) is 0 Å². The first-order chi connectivity index (χ1) is 9.99. The van der Waals surface area contributed by atoms with Crippen LogP contribution in [0.4, 0.5) is 0 Å². The lowest BCUT2D eigenvalue weighted by atomic mass is 9.79. The van der Waals surface area contributed by atoms with E-state index < -0.39 is 5.97 Å². The molecule has 0 radical (unpaired) electrons. The molecule has 2 N–H and O–H groups in total. The van der Waals surface area contributed by atoms with E-state index in [1.54, 1.807) is 6.07 Å². The maximum atomic E-state index is 12.2. The molecule has 0 aromatic heterocycles. The van der Waals surface area contributed by atoms with Crippen LogP contribution in [0.15, 0.2) is 22.7 Å². The van der Waals surface area contributed by atoms with Gasteiger partial charge in [0, 0.05) is 16.6 Å². The molecule has 1 aliphatic rings. The highest BCUT2D eigenvalue weighted by Crippen LogP contribution is 2.29. The molecule has 1 aromatic carbocycles. The molecule has 2 unspecified atom stereocenters. The standard InChI is InChI=1S/C16H20BrNO3/c1-10-8-11(6-7-14(10)17)15(19)18-9-12-4-2-3-5-13(12)16(20)21/h6-8,12-13H,2-5,9H2,1H3,(H,18,19)(H,20,21). The molecule has 1 aliphatic carbocycles. The molecule has 5 heteroatoms. The summed E-state index contributed by atoms with van der Waals surface area (Å²) in [5.74, 6) is -1.17. The number of carboxylic acid groups (broad SMARTS) is 1. The van der Waals surface area contributed by atoms with Crippen molar-refractivity contribution in [1.82, 2.24) is 5.32 Å². The third kappa shape index (κ3) is 4.06. The second-order valence-corrected chi connectivity index (χ2v) is 6.52. The van der Waals surface area contributed by atoms with Crippen LogP contribution in [0.3, 0.4) is 0 Å². The first-order valence-corrected chi connectivity index (χ1v) is 8.05. The Balaban J connectivity index is 1.96. The topological polar surface area (TPSA) is 66.4 Å². The maximum absolute atomic E-state index is 12.2. The van der Waals surface area contributed by atoms with Crippen LogP contribution in [0.5, 0.6) is 0 Å². The van der Waals surface area contributed by atoms with E-state index in [0.717, 1.165) is 29.3 Å². The zero-order valence-electron chi connectivity index (χ0n) is 12.1. The van der Waals surface area contributed by atoms with Gasteiger partial charge in [-0.1, -0.05) is 28.8 Å². The monoisotopic (exact) mass is 353 g/mol. The number of rotatable bonds is 4. The predicted octanol–water partition coefficient (Wildman–Crippen LogP) is 3.38. The summed E-state index contributed by atoms with van der Waals surface area (Å²) in [5.41, 5.74) is 1.61. The van der Waals surface area contributed by atoms with Gasteiger partial charge in [-0.2, -0.15) is 0 Å². The van der Waals surface area contributed by atoms with E-state index in [-0.39, 0.29) is 17.7 Å². The van der Waals surface area contributed by atoms with Crippen molar-refractivity contribution in [2.75, 3.05) is 6.54 Å². The molecular formula is C16H20BrNO3. The lowest BCUT2D eigenvalue weighted by Gasteiger charge is -2.28. The summed E-state index contributed by atoms with van der Waals surface area (Å²) >= 11 is 3.41. The van der Waals surface area contributed by atoms with E-state index in [9.17, 15) is 14.7 Å². The van der Waals surface area contributed by atoms with Crippen molar-refractivity contribution in [1.29, 1.82) is 0 Å². The van der Waals surface area contributed by atoms with E-state index in [0.29, 0.717) is 18.5 Å². The van der Waals surface area contributed by atoms with Crippen LogP contribution in [0.1, 0.15) is 41.6 Å². The van der Waals surface area contributed by atoms with Gasteiger partial charge in [0.1, 0.15) is 0 Å². The van der Waals surface area contributed by atoms with Crippen molar-refractivity contribution < 1.29 is 14.7 Å². The van der Waals surface area contributed by atoms with Gasteiger partial charge in [-0.05, 0) is 49.4 Å². The highest BCUT2D eigenvalue weighted by molar-refractivity contribution is 9.10. The SMILES string of the molecule is Cc1cc(C(=O)NCC2CCCCC2C(=O)O)ccc1Br. The summed E-state index contributed by atoms with van der Waals surface area (Å²) in [6, 6.07) is 5.45.